The summed E-state index contributed by atoms with van der Waals surface area (Å²) in [5.74, 6) is 0. The molecule has 0 N–H and O–H groups in total. The quantitative estimate of drug-likeness (QED) is 0.541. The Morgan fingerprint density at radius 1 is 1.25 bits per heavy atom. The van der Waals surface area contributed by atoms with Gasteiger partial charge in [0.15, 0.2) is 0 Å². The van der Waals surface area contributed by atoms with Gasteiger partial charge in [-0.2, -0.15) is 0 Å². The zero-order valence-corrected chi connectivity index (χ0v) is 9.15. The smallest absolute Gasteiger partial charge is 0.0313 e. The Hall–Kier alpha value is -0.780. The molecule has 0 saturated carbocycles. The van der Waals surface area contributed by atoms with Crippen LogP contribution in [-0.4, -0.2) is 0 Å². The summed E-state index contributed by atoms with van der Waals surface area (Å²) in [5, 5.41) is 0. The Balaban J connectivity index is 0. The Kier molecular flexibility index (Phi) is 11.7. The van der Waals surface area contributed by atoms with E-state index in [1.54, 1.807) is 0 Å². The van der Waals surface area contributed by atoms with Crippen molar-refractivity contribution < 1.29 is 0 Å². The van der Waals surface area contributed by atoms with Crippen LogP contribution in [0, 0.1) is 0 Å². The molecule has 0 bridgehead atoms. The average molecular weight is 166 g/mol. The lowest BCUT2D eigenvalue weighted by Crippen LogP contribution is -1.70. The molecule has 0 radical (unpaired) electrons. The summed E-state index contributed by atoms with van der Waals surface area (Å²) in [5.41, 5.74) is 2.47. The molecule has 0 aliphatic heterocycles. The summed E-state index contributed by atoms with van der Waals surface area (Å²) in [4.78, 5) is 0. The average Bonchev–Trinajstić information content (AvgIpc) is 2.16. The van der Waals surface area contributed by atoms with Crippen molar-refractivity contribution in [3.8, 4) is 0 Å². The summed E-state index contributed by atoms with van der Waals surface area (Å²) in [6.45, 7) is 14.1. The van der Waals surface area contributed by atoms with E-state index in [0.29, 0.717) is 0 Å². The van der Waals surface area contributed by atoms with E-state index >= 15 is 0 Å². The third-order valence-corrected chi connectivity index (χ3v) is 1.49. The van der Waals surface area contributed by atoms with Crippen molar-refractivity contribution in [1.29, 1.82) is 0 Å². The van der Waals surface area contributed by atoms with Crippen LogP contribution < -0.4 is 0 Å². The van der Waals surface area contributed by atoms with Crippen molar-refractivity contribution >= 4 is 0 Å². The zero-order valence-electron chi connectivity index (χ0n) is 9.15. The van der Waals surface area contributed by atoms with Crippen molar-refractivity contribution in [3.05, 3.63) is 36.0 Å². The molecule has 0 saturated heterocycles. The van der Waals surface area contributed by atoms with Crippen molar-refractivity contribution in [1.82, 2.24) is 0 Å². The van der Waals surface area contributed by atoms with E-state index in [0.717, 1.165) is 6.42 Å². The molecule has 0 nitrogen and oxygen atoms in total. The second kappa shape index (κ2) is 10.2. The number of hydrogen-bond donors (Lipinski definition) is 0. The van der Waals surface area contributed by atoms with Gasteiger partial charge in [0.25, 0.3) is 0 Å². The van der Waals surface area contributed by atoms with Gasteiger partial charge in [-0.05, 0) is 20.3 Å². The predicted molar refractivity (Wildman–Crippen MR) is 59.4 cm³/mol. The van der Waals surface area contributed by atoms with Gasteiger partial charge in [-0.1, -0.05) is 56.7 Å². The molecule has 0 aromatic heterocycles. The van der Waals surface area contributed by atoms with Gasteiger partial charge in [-0.25, -0.2) is 0 Å². The first-order valence-electron chi connectivity index (χ1n) is 4.69. The first-order valence-corrected chi connectivity index (χ1v) is 4.69. The van der Waals surface area contributed by atoms with Gasteiger partial charge in [0.2, 0.25) is 0 Å². The van der Waals surface area contributed by atoms with E-state index < -0.39 is 0 Å². The van der Waals surface area contributed by atoms with Crippen molar-refractivity contribution in [2.45, 2.75) is 41.0 Å². The van der Waals surface area contributed by atoms with Crippen LogP contribution in [0.2, 0.25) is 0 Å². The highest BCUT2D eigenvalue weighted by atomic mass is 13.9. The van der Waals surface area contributed by atoms with E-state index in [2.05, 4.69) is 38.7 Å². The van der Waals surface area contributed by atoms with E-state index in [9.17, 15) is 0 Å². The highest BCUT2D eigenvalue weighted by molar-refractivity contribution is 5.23. The maximum absolute atomic E-state index is 3.87. The summed E-state index contributed by atoms with van der Waals surface area (Å²) in [6, 6.07) is 0. The monoisotopic (exact) mass is 166 g/mol. The molecule has 0 amide bonds. The topological polar surface area (TPSA) is 0 Å². The molecule has 0 aliphatic rings. The molecule has 0 spiro atoms. The van der Waals surface area contributed by atoms with Gasteiger partial charge in [0, 0.05) is 0 Å². The normalized spacial score (nSPS) is 10.9. The van der Waals surface area contributed by atoms with E-state index in [1.807, 2.05) is 20.8 Å². The van der Waals surface area contributed by atoms with Crippen LogP contribution in [0.3, 0.4) is 0 Å². The molecule has 0 heterocycles. The highest BCUT2D eigenvalue weighted by Crippen LogP contribution is 2.01. The van der Waals surface area contributed by atoms with Crippen molar-refractivity contribution in [2.75, 3.05) is 0 Å². The number of hydrogen-bond acceptors (Lipinski definition) is 0. The van der Waals surface area contributed by atoms with Crippen LogP contribution in [0.4, 0.5) is 0 Å². The lowest BCUT2D eigenvalue weighted by atomic mass is 10.2. The zero-order chi connectivity index (χ0) is 9.98. The lowest BCUT2D eigenvalue weighted by Gasteiger charge is -1.91. The molecule has 0 unspecified atom stereocenters. The molecule has 0 heteroatoms. The van der Waals surface area contributed by atoms with Crippen molar-refractivity contribution in [2.24, 2.45) is 0 Å². The van der Waals surface area contributed by atoms with Crippen molar-refractivity contribution in [3.63, 3.8) is 0 Å². The van der Waals surface area contributed by atoms with Gasteiger partial charge < -0.3 is 0 Å². The van der Waals surface area contributed by atoms with Gasteiger partial charge in [0.05, 0.1) is 0 Å². The SMILES string of the molecule is C=C(/C=C\C(C)=C/C)CC.CC. The molecular formula is C12H22. The summed E-state index contributed by atoms with van der Waals surface area (Å²) >= 11 is 0. The largest absolute Gasteiger partial charge is 0.0958 e. The minimum atomic E-state index is 1.04. The minimum Gasteiger partial charge on any atom is -0.0958 e. The second-order valence-corrected chi connectivity index (χ2v) is 2.38. The van der Waals surface area contributed by atoms with E-state index in [4.69, 9.17) is 0 Å². The third-order valence-electron chi connectivity index (χ3n) is 1.49. The minimum absolute atomic E-state index is 1.04. The van der Waals surface area contributed by atoms with Gasteiger partial charge in [0.1, 0.15) is 0 Å². The maximum atomic E-state index is 3.87. The van der Waals surface area contributed by atoms with Crippen LogP contribution in [-0.2, 0) is 0 Å². The fraction of sp³-hybridized carbons (Fsp3) is 0.500. The molecular weight excluding hydrogens is 144 g/mol. The van der Waals surface area contributed by atoms with Crippen LogP contribution >= 0.6 is 0 Å². The molecule has 12 heavy (non-hydrogen) atoms. The number of allylic oxidation sites excluding steroid dienone is 5. The maximum Gasteiger partial charge on any atom is -0.0313 e. The van der Waals surface area contributed by atoms with Crippen LogP contribution in [0.15, 0.2) is 36.0 Å². The molecule has 70 valence electrons. The van der Waals surface area contributed by atoms with Crippen LogP contribution in [0.25, 0.3) is 0 Å². The van der Waals surface area contributed by atoms with E-state index in [-0.39, 0.29) is 0 Å². The second-order valence-electron chi connectivity index (χ2n) is 2.38. The lowest BCUT2D eigenvalue weighted by molar-refractivity contribution is 1.16. The Labute approximate surface area is 77.7 Å². The van der Waals surface area contributed by atoms with Gasteiger partial charge in [-0.3, -0.25) is 0 Å². The Bertz CT molecular complexity index is 159. The summed E-state index contributed by atoms with van der Waals surface area (Å²) < 4.78 is 0. The summed E-state index contributed by atoms with van der Waals surface area (Å²) in [7, 11) is 0. The van der Waals surface area contributed by atoms with Gasteiger partial charge in [-0.15, -0.1) is 0 Å². The van der Waals surface area contributed by atoms with Gasteiger partial charge >= 0.3 is 0 Å². The fourth-order valence-corrected chi connectivity index (χ4v) is 0.463. The number of rotatable bonds is 3. The Morgan fingerprint density at radius 2 is 1.75 bits per heavy atom. The Morgan fingerprint density at radius 3 is 2.08 bits per heavy atom. The van der Waals surface area contributed by atoms with Crippen LogP contribution in [0.1, 0.15) is 41.0 Å². The highest BCUT2D eigenvalue weighted by Gasteiger charge is 1.80. The fourth-order valence-electron chi connectivity index (χ4n) is 0.463. The van der Waals surface area contributed by atoms with E-state index in [1.165, 1.54) is 11.1 Å². The third kappa shape index (κ3) is 9.22. The molecule has 0 aromatic rings. The van der Waals surface area contributed by atoms with Crippen LogP contribution in [0.5, 0.6) is 0 Å². The predicted octanol–water partition coefficient (Wildman–Crippen LogP) is 4.50. The first-order chi connectivity index (χ1) is 5.70. The summed E-state index contributed by atoms with van der Waals surface area (Å²) in [6.07, 6.45) is 7.27. The molecule has 0 atom stereocenters. The molecule has 0 rings (SSSR count). The molecule has 0 aromatic carbocycles. The standard InChI is InChI=1S/C10H16.C2H6/c1-5-9(3)7-8-10(4)6-2;1-2/h6-8H,3,5H2,1-2,4H3;1-2H3/b8-7-,10-6-;. The first kappa shape index (κ1) is 13.8. The molecule has 0 aliphatic carbocycles. The molecule has 0 fully saturated rings.